The molecule has 3 aromatic carbocycles. The predicted molar refractivity (Wildman–Crippen MR) is 196 cm³/mol. The van der Waals surface area contributed by atoms with Crippen LogP contribution in [0.2, 0.25) is 10.0 Å². The van der Waals surface area contributed by atoms with Crippen molar-refractivity contribution < 1.29 is 36.3 Å². The molecule has 1 aliphatic carbocycles. The summed E-state index contributed by atoms with van der Waals surface area (Å²) in [6, 6.07) is 13.5. The highest BCUT2D eigenvalue weighted by atomic mass is 35.5. The third-order valence-corrected chi connectivity index (χ3v) is 12.7. The van der Waals surface area contributed by atoms with Crippen molar-refractivity contribution in [2.75, 3.05) is 41.3 Å². The van der Waals surface area contributed by atoms with Crippen LogP contribution in [0.3, 0.4) is 0 Å². The lowest BCUT2D eigenvalue weighted by Gasteiger charge is -2.30. The van der Waals surface area contributed by atoms with E-state index in [9.17, 15) is 22.7 Å². The Morgan fingerprint density at radius 1 is 1.08 bits per heavy atom. The summed E-state index contributed by atoms with van der Waals surface area (Å²) in [6.45, 7) is 4.57. The van der Waals surface area contributed by atoms with Gasteiger partial charge in [-0.25, -0.2) is 22.2 Å². The van der Waals surface area contributed by atoms with Gasteiger partial charge >= 0.3 is 5.97 Å². The van der Waals surface area contributed by atoms with Gasteiger partial charge in [0.2, 0.25) is 10.0 Å². The number of imidazole rings is 1. The van der Waals surface area contributed by atoms with Crippen molar-refractivity contribution in [1.29, 1.82) is 0 Å². The summed E-state index contributed by atoms with van der Waals surface area (Å²) in [5.74, 6) is -2.02. The minimum Gasteiger partial charge on any atom is -0.495 e. The summed E-state index contributed by atoms with van der Waals surface area (Å²) < 4.78 is 66.6. The molecule has 1 N–H and O–H groups in total. The number of quaternary nitrogens is 1. The van der Waals surface area contributed by atoms with Crippen LogP contribution in [0.25, 0.3) is 5.69 Å². The van der Waals surface area contributed by atoms with Gasteiger partial charge in [0, 0.05) is 40.4 Å². The number of thioether (sulfide) groups is 1. The van der Waals surface area contributed by atoms with Gasteiger partial charge in [0.1, 0.15) is 22.9 Å². The minimum atomic E-state index is -4.43. The van der Waals surface area contributed by atoms with Crippen molar-refractivity contribution in [1.82, 2.24) is 13.9 Å². The Balaban J connectivity index is 1.48. The lowest BCUT2D eigenvalue weighted by Crippen LogP contribution is -2.48. The molecule has 1 heterocycles. The summed E-state index contributed by atoms with van der Waals surface area (Å²) in [6.07, 6.45) is 2.45. The van der Waals surface area contributed by atoms with E-state index in [2.05, 4.69) is 4.98 Å². The van der Waals surface area contributed by atoms with Crippen molar-refractivity contribution in [2.24, 2.45) is 0 Å². The third-order valence-electron chi connectivity index (χ3n) is 9.16. The summed E-state index contributed by atoms with van der Waals surface area (Å²) in [4.78, 5) is 16.5. The van der Waals surface area contributed by atoms with Crippen molar-refractivity contribution in [2.45, 2.75) is 59.9 Å². The van der Waals surface area contributed by atoms with Crippen LogP contribution in [-0.4, -0.2) is 84.7 Å². The molecule has 1 fully saturated rings. The monoisotopic (exact) mass is 781 g/mol. The van der Waals surface area contributed by atoms with Crippen molar-refractivity contribution >= 4 is 51.0 Å². The molecule has 0 atom stereocenters. The fourth-order valence-electron chi connectivity index (χ4n) is 5.99. The Hall–Kier alpha value is -3.20. The summed E-state index contributed by atoms with van der Waals surface area (Å²) in [7, 11) is 2.98. The molecule has 1 aliphatic rings. The second kappa shape index (κ2) is 14.7. The molecule has 0 spiro atoms. The van der Waals surface area contributed by atoms with Gasteiger partial charge in [-0.05, 0) is 66.9 Å². The molecule has 0 saturated heterocycles. The molecule has 1 aromatic heterocycles. The molecular formula is C36H41Cl2F2N4O5S2+. The SMILES string of the molecule is COc1cc(C(C)(C)c2cnc(SCc3c(F)cc(S(=O)(=O)N(CCC[N+](C)(C)C)C4(C(=O)O)CC4)cc3Cl)n2-c2ccc(F)cc2)ccc1Cl. The van der Waals surface area contributed by atoms with Gasteiger partial charge in [0.15, 0.2) is 5.16 Å². The lowest BCUT2D eigenvalue weighted by atomic mass is 9.81. The van der Waals surface area contributed by atoms with Gasteiger partial charge in [-0.1, -0.05) is 54.9 Å². The summed E-state index contributed by atoms with van der Waals surface area (Å²) in [5, 5.41) is 10.8. The van der Waals surface area contributed by atoms with Gasteiger partial charge in [-0.3, -0.25) is 9.36 Å². The van der Waals surface area contributed by atoms with E-state index >= 15 is 4.39 Å². The average Bonchev–Trinajstić information content (AvgIpc) is 3.74. The fraction of sp³-hybridized carbons (Fsp3) is 0.389. The van der Waals surface area contributed by atoms with Crippen LogP contribution in [-0.2, 0) is 26.0 Å². The lowest BCUT2D eigenvalue weighted by molar-refractivity contribution is -0.870. The van der Waals surface area contributed by atoms with Gasteiger partial charge in [0.05, 0.1) is 56.6 Å². The molecule has 4 aromatic rings. The number of halogens is 4. The quantitative estimate of drug-likeness (QED) is 0.0971. The van der Waals surface area contributed by atoms with E-state index in [1.54, 1.807) is 24.4 Å². The minimum absolute atomic E-state index is 0.0237. The molecule has 274 valence electrons. The fourth-order valence-corrected chi connectivity index (χ4v) is 9.49. The Bertz CT molecular complexity index is 2020. The number of aliphatic carboxylic acids is 1. The van der Waals surface area contributed by atoms with E-state index < -0.39 is 43.5 Å². The highest BCUT2D eigenvalue weighted by Gasteiger charge is 2.59. The zero-order chi connectivity index (χ0) is 37.5. The first-order valence-electron chi connectivity index (χ1n) is 16.2. The topological polar surface area (TPSA) is 102 Å². The van der Waals surface area contributed by atoms with Crippen molar-refractivity contribution in [3.63, 3.8) is 0 Å². The number of carboxylic acids is 1. The number of nitrogens with zero attached hydrogens (tertiary/aromatic N) is 4. The highest BCUT2D eigenvalue weighted by Crippen LogP contribution is 2.46. The maximum absolute atomic E-state index is 15.9. The third kappa shape index (κ3) is 8.08. The van der Waals surface area contributed by atoms with E-state index in [0.29, 0.717) is 39.1 Å². The number of aromatic nitrogens is 2. The molecular weight excluding hydrogens is 741 g/mol. The predicted octanol–water partition coefficient (Wildman–Crippen LogP) is 7.79. The second-order valence-corrected chi connectivity index (χ2v) is 17.8. The number of ether oxygens (including phenoxy) is 1. The summed E-state index contributed by atoms with van der Waals surface area (Å²) in [5.41, 5.74) is 0.0495. The van der Waals surface area contributed by atoms with Gasteiger partial charge in [-0.2, -0.15) is 4.31 Å². The molecule has 0 bridgehead atoms. The van der Waals surface area contributed by atoms with Crippen LogP contribution in [0.4, 0.5) is 8.78 Å². The molecule has 0 aliphatic heterocycles. The second-order valence-electron chi connectivity index (χ2n) is 14.1. The zero-order valence-corrected chi connectivity index (χ0v) is 32.4. The normalized spacial score (nSPS) is 14.6. The largest absolute Gasteiger partial charge is 0.495 e. The maximum Gasteiger partial charge on any atom is 0.325 e. The first-order valence-corrected chi connectivity index (χ1v) is 19.4. The number of sulfonamides is 1. The number of rotatable bonds is 15. The van der Waals surface area contributed by atoms with E-state index in [-0.39, 0.29) is 35.7 Å². The first kappa shape index (κ1) is 39.0. The van der Waals surface area contributed by atoms with Gasteiger partial charge < -0.3 is 14.3 Å². The van der Waals surface area contributed by atoms with Crippen LogP contribution in [0.5, 0.6) is 5.75 Å². The van der Waals surface area contributed by atoms with E-state index in [1.807, 2.05) is 51.7 Å². The number of benzene rings is 3. The molecule has 51 heavy (non-hydrogen) atoms. The smallest absolute Gasteiger partial charge is 0.325 e. The van der Waals surface area contributed by atoms with E-state index in [1.165, 1.54) is 37.1 Å². The number of carboxylic acid groups (broad SMARTS) is 1. The van der Waals surface area contributed by atoms with Crippen LogP contribution in [0.15, 0.2) is 70.8 Å². The van der Waals surface area contributed by atoms with Crippen molar-refractivity contribution in [3.8, 4) is 11.4 Å². The van der Waals surface area contributed by atoms with Gasteiger partial charge in [0.25, 0.3) is 0 Å². The molecule has 5 rings (SSSR count). The number of methoxy groups -OCH3 is 1. The van der Waals surface area contributed by atoms with Crippen LogP contribution in [0.1, 0.15) is 49.9 Å². The number of hydrogen-bond acceptors (Lipinski definition) is 6. The molecule has 0 radical (unpaired) electrons. The molecule has 9 nitrogen and oxygen atoms in total. The Kier molecular flexibility index (Phi) is 11.2. The van der Waals surface area contributed by atoms with Crippen LogP contribution in [0, 0.1) is 11.6 Å². The Labute approximate surface area is 311 Å². The molecule has 1 saturated carbocycles. The highest BCUT2D eigenvalue weighted by molar-refractivity contribution is 7.98. The zero-order valence-electron chi connectivity index (χ0n) is 29.2. The van der Waals surface area contributed by atoms with Crippen LogP contribution < -0.4 is 4.74 Å². The molecule has 0 unspecified atom stereocenters. The van der Waals surface area contributed by atoms with E-state index in [4.69, 9.17) is 27.9 Å². The first-order chi connectivity index (χ1) is 23.8. The number of hydrogen-bond donors (Lipinski definition) is 1. The molecule has 0 amide bonds. The van der Waals surface area contributed by atoms with Crippen LogP contribution >= 0.6 is 35.0 Å². The Morgan fingerprint density at radius 3 is 2.31 bits per heavy atom. The average molecular weight is 783 g/mol. The van der Waals surface area contributed by atoms with Gasteiger partial charge in [-0.15, -0.1) is 0 Å². The Morgan fingerprint density at radius 2 is 1.75 bits per heavy atom. The van der Waals surface area contributed by atoms with Crippen molar-refractivity contribution in [3.05, 3.63) is 99.3 Å². The maximum atomic E-state index is 15.9. The molecule has 15 heteroatoms. The number of carbonyl (C=O) groups is 1. The standard InChI is InChI=1S/C36H40Cl2F2N4O5S2/c1-35(2,23-8-13-28(37)31(18-23)49-6)32-21-41-34(43(32)25-11-9-24(39)10-12-25)50-22-27-29(38)19-26(20-30(27)40)51(47,48)42(16-7-17-44(3,4)5)36(14-15-36)33(45)46/h8-13,18-21H,7,14-17,22H2,1-6H3/p+1. The van der Waals surface area contributed by atoms with E-state index in [0.717, 1.165) is 21.6 Å². The summed E-state index contributed by atoms with van der Waals surface area (Å²) >= 11 is 14.1.